The van der Waals surface area contributed by atoms with Gasteiger partial charge in [0.15, 0.2) is 0 Å². The first-order chi connectivity index (χ1) is 7.95. The molecule has 0 saturated heterocycles. The molecule has 5 heteroatoms. The van der Waals surface area contributed by atoms with Gasteiger partial charge in [0.25, 0.3) is 0 Å². The third-order valence-electron chi connectivity index (χ3n) is 3.62. The number of nitrogens with two attached hydrogens (primary N) is 1. The molecular weight excluding hydrogens is 218 g/mol. The molecule has 0 aromatic rings. The summed E-state index contributed by atoms with van der Waals surface area (Å²) in [7, 11) is 3.34. The summed E-state index contributed by atoms with van der Waals surface area (Å²) in [4.78, 5) is 25.0. The van der Waals surface area contributed by atoms with E-state index in [2.05, 4.69) is 12.2 Å². The fraction of sp³-hybridized carbons (Fsp3) is 0.833. The second-order valence-electron chi connectivity index (χ2n) is 5.15. The number of nitrogens with zero attached hydrogens (tertiary/aromatic N) is 1. The molecule has 98 valence electrons. The van der Waals surface area contributed by atoms with E-state index in [4.69, 9.17) is 5.73 Å². The Morgan fingerprint density at radius 2 is 2.06 bits per heavy atom. The fourth-order valence-corrected chi connectivity index (χ4v) is 2.60. The normalized spacial score (nSPS) is 27.2. The number of rotatable bonds is 5. The minimum Gasteiger partial charge on any atom is -0.359 e. The van der Waals surface area contributed by atoms with Gasteiger partial charge in [-0.3, -0.25) is 9.59 Å². The van der Waals surface area contributed by atoms with Crippen LogP contribution in [0.2, 0.25) is 0 Å². The maximum absolute atomic E-state index is 12.2. The zero-order valence-corrected chi connectivity index (χ0v) is 11.0. The Morgan fingerprint density at radius 3 is 2.47 bits per heavy atom. The van der Waals surface area contributed by atoms with Gasteiger partial charge in [0.05, 0.1) is 5.41 Å². The van der Waals surface area contributed by atoms with Crippen LogP contribution in [0.3, 0.4) is 0 Å². The van der Waals surface area contributed by atoms with E-state index in [1.165, 1.54) is 0 Å². The molecule has 1 saturated carbocycles. The standard InChI is InChI=1S/C12H23N3O2/c1-9-6-12(7-9,8-13)11(17)15(3)5-4-10(16)14-2/h9H,4-8,13H2,1-3H3,(H,14,16). The molecule has 1 fully saturated rings. The van der Waals surface area contributed by atoms with Gasteiger partial charge in [-0.1, -0.05) is 6.92 Å². The van der Waals surface area contributed by atoms with Gasteiger partial charge in [-0.05, 0) is 18.8 Å². The average Bonchev–Trinajstić information content (AvgIpc) is 2.30. The zero-order valence-electron chi connectivity index (χ0n) is 11.0. The highest BCUT2D eigenvalue weighted by Gasteiger charge is 2.48. The average molecular weight is 241 g/mol. The lowest BCUT2D eigenvalue weighted by atomic mass is 9.62. The first-order valence-corrected chi connectivity index (χ1v) is 6.11. The molecule has 0 bridgehead atoms. The fourth-order valence-electron chi connectivity index (χ4n) is 2.60. The molecule has 5 nitrogen and oxygen atoms in total. The van der Waals surface area contributed by atoms with Crippen LogP contribution in [0.5, 0.6) is 0 Å². The second-order valence-corrected chi connectivity index (χ2v) is 5.15. The summed E-state index contributed by atoms with van der Waals surface area (Å²) in [5.74, 6) is 0.616. The summed E-state index contributed by atoms with van der Waals surface area (Å²) >= 11 is 0. The number of nitrogens with one attached hydrogen (secondary N) is 1. The van der Waals surface area contributed by atoms with Crippen molar-refractivity contribution in [2.75, 3.05) is 27.2 Å². The van der Waals surface area contributed by atoms with Crippen molar-refractivity contribution in [1.82, 2.24) is 10.2 Å². The Labute approximate surface area is 103 Å². The highest BCUT2D eigenvalue weighted by Crippen LogP contribution is 2.45. The Morgan fingerprint density at radius 1 is 1.47 bits per heavy atom. The van der Waals surface area contributed by atoms with Gasteiger partial charge in [0.1, 0.15) is 0 Å². The van der Waals surface area contributed by atoms with E-state index in [9.17, 15) is 9.59 Å². The maximum atomic E-state index is 12.2. The van der Waals surface area contributed by atoms with Crippen molar-refractivity contribution in [2.24, 2.45) is 17.1 Å². The predicted molar refractivity (Wildman–Crippen MR) is 66.2 cm³/mol. The van der Waals surface area contributed by atoms with Crippen molar-refractivity contribution in [3.05, 3.63) is 0 Å². The molecule has 1 aliphatic carbocycles. The number of amides is 2. The van der Waals surface area contributed by atoms with Crippen LogP contribution in [0, 0.1) is 11.3 Å². The highest BCUT2D eigenvalue weighted by atomic mass is 16.2. The summed E-state index contributed by atoms with van der Waals surface area (Å²) in [6.45, 7) is 2.99. The number of hydrogen-bond acceptors (Lipinski definition) is 3. The SMILES string of the molecule is CNC(=O)CCN(C)C(=O)C1(CN)CC(C)C1. The van der Waals surface area contributed by atoms with Gasteiger partial charge >= 0.3 is 0 Å². The lowest BCUT2D eigenvalue weighted by Gasteiger charge is -2.46. The van der Waals surface area contributed by atoms with E-state index < -0.39 is 0 Å². The first-order valence-electron chi connectivity index (χ1n) is 6.11. The van der Waals surface area contributed by atoms with Crippen molar-refractivity contribution in [3.63, 3.8) is 0 Å². The maximum Gasteiger partial charge on any atom is 0.229 e. The molecule has 0 aliphatic heterocycles. The molecule has 0 aromatic heterocycles. The summed E-state index contributed by atoms with van der Waals surface area (Å²) in [5.41, 5.74) is 5.36. The molecule has 0 atom stereocenters. The predicted octanol–water partition coefficient (Wildman–Crippen LogP) is -0.0441. The smallest absolute Gasteiger partial charge is 0.229 e. The summed E-state index contributed by atoms with van der Waals surface area (Å²) in [6.07, 6.45) is 2.08. The van der Waals surface area contributed by atoms with Crippen LogP contribution in [-0.4, -0.2) is 43.9 Å². The zero-order chi connectivity index (χ0) is 13.1. The minimum absolute atomic E-state index is 0.0478. The molecule has 17 heavy (non-hydrogen) atoms. The van der Waals surface area contributed by atoms with Crippen LogP contribution in [0.1, 0.15) is 26.2 Å². The van der Waals surface area contributed by atoms with Crippen molar-refractivity contribution < 1.29 is 9.59 Å². The van der Waals surface area contributed by atoms with Crippen molar-refractivity contribution >= 4 is 11.8 Å². The molecule has 0 radical (unpaired) electrons. The van der Waals surface area contributed by atoms with Crippen LogP contribution in [0.4, 0.5) is 0 Å². The Balaban J connectivity index is 2.48. The van der Waals surface area contributed by atoms with Crippen LogP contribution >= 0.6 is 0 Å². The molecule has 2 amide bonds. The Kier molecular flexibility index (Phi) is 4.51. The van der Waals surface area contributed by atoms with E-state index in [1.807, 2.05) is 0 Å². The van der Waals surface area contributed by atoms with E-state index in [-0.39, 0.29) is 17.2 Å². The topological polar surface area (TPSA) is 75.4 Å². The molecular formula is C12H23N3O2. The van der Waals surface area contributed by atoms with E-state index in [0.717, 1.165) is 12.8 Å². The van der Waals surface area contributed by atoms with E-state index in [1.54, 1.807) is 19.0 Å². The van der Waals surface area contributed by atoms with Gasteiger partial charge in [0.2, 0.25) is 11.8 Å². The Hall–Kier alpha value is -1.10. The van der Waals surface area contributed by atoms with Crippen molar-refractivity contribution in [1.29, 1.82) is 0 Å². The third-order valence-corrected chi connectivity index (χ3v) is 3.62. The largest absolute Gasteiger partial charge is 0.359 e. The third kappa shape index (κ3) is 2.97. The van der Waals surface area contributed by atoms with Gasteiger partial charge < -0.3 is 16.0 Å². The molecule has 3 N–H and O–H groups in total. The van der Waals surface area contributed by atoms with Crippen LogP contribution in [0.25, 0.3) is 0 Å². The van der Waals surface area contributed by atoms with Crippen molar-refractivity contribution in [2.45, 2.75) is 26.2 Å². The molecule has 0 aromatic carbocycles. The van der Waals surface area contributed by atoms with Gasteiger partial charge in [-0.15, -0.1) is 0 Å². The van der Waals surface area contributed by atoms with Gasteiger partial charge in [-0.25, -0.2) is 0 Å². The molecule has 0 unspecified atom stereocenters. The van der Waals surface area contributed by atoms with Gasteiger partial charge in [0, 0.05) is 33.6 Å². The van der Waals surface area contributed by atoms with Gasteiger partial charge in [-0.2, -0.15) is 0 Å². The second kappa shape index (κ2) is 5.49. The summed E-state index contributed by atoms with van der Waals surface area (Å²) < 4.78 is 0. The quantitative estimate of drug-likeness (QED) is 0.709. The minimum atomic E-state index is -0.364. The number of carbonyl (C=O) groups excluding carboxylic acids is 2. The molecule has 0 spiro atoms. The molecule has 1 rings (SSSR count). The van der Waals surface area contributed by atoms with E-state index >= 15 is 0 Å². The summed E-state index contributed by atoms with van der Waals surface area (Å²) in [5, 5.41) is 2.55. The lowest BCUT2D eigenvalue weighted by molar-refractivity contribution is -0.148. The summed E-state index contributed by atoms with van der Waals surface area (Å²) in [6, 6.07) is 0. The monoisotopic (exact) mass is 241 g/mol. The van der Waals surface area contributed by atoms with Crippen LogP contribution in [-0.2, 0) is 9.59 Å². The van der Waals surface area contributed by atoms with Crippen LogP contribution in [0.15, 0.2) is 0 Å². The number of carbonyl (C=O) groups is 2. The van der Waals surface area contributed by atoms with Crippen molar-refractivity contribution in [3.8, 4) is 0 Å². The number of hydrogen-bond donors (Lipinski definition) is 2. The lowest BCUT2D eigenvalue weighted by Crippen LogP contribution is -2.54. The molecule has 1 aliphatic rings. The Bertz CT molecular complexity index is 298. The molecule has 0 heterocycles. The first kappa shape index (κ1) is 14.0. The van der Waals surface area contributed by atoms with E-state index in [0.29, 0.717) is 25.4 Å². The highest BCUT2D eigenvalue weighted by molar-refractivity contribution is 5.84. The van der Waals surface area contributed by atoms with Crippen LogP contribution < -0.4 is 11.1 Å².